The fourth-order valence-corrected chi connectivity index (χ4v) is 3.84. The highest BCUT2D eigenvalue weighted by atomic mass is 32.2. The van der Waals surface area contributed by atoms with Crippen molar-refractivity contribution in [2.45, 2.75) is 0 Å². The fourth-order valence-electron chi connectivity index (χ4n) is 2.10. The number of benzene rings is 1. The van der Waals surface area contributed by atoms with Gasteiger partial charge in [-0.25, -0.2) is 0 Å². The number of rotatable bonds is 4. The van der Waals surface area contributed by atoms with Gasteiger partial charge in [-0.05, 0) is 18.2 Å². The van der Waals surface area contributed by atoms with Gasteiger partial charge in [0, 0.05) is 12.1 Å². The van der Waals surface area contributed by atoms with E-state index < -0.39 is 0 Å². The summed E-state index contributed by atoms with van der Waals surface area (Å²) >= 11 is 12.3. The van der Waals surface area contributed by atoms with Crippen molar-refractivity contribution in [3.8, 4) is 11.3 Å². The van der Waals surface area contributed by atoms with E-state index in [1.807, 2.05) is 53.4 Å². The van der Waals surface area contributed by atoms with Gasteiger partial charge in [0.05, 0.1) is 4.91 Å². The number of thioether (sulfide) groups is 1. The van der Waals surface area contributed by atoms with Gasteiger partial charge in [-0.2, -0.15) is 0 Å². The van der Waals surface area contributed by atoms with Gasteiger partial charge in [-0.3, -0.25) is 0 Å². The van der Waals surface area contributed by atoms with Crippen LogP contribution in [0.2, 0.25) is 0 Å². The fraction of sp³-hybridized carbons (Fsp3) is 0.0588. The molecular weight excluding hydrogens is 330 g/mol. The molecule has 0 spiro atoms. The van der Waals surface area contributed by atoms with Gasteiger partial charge in [0.1, 0.15) is 20.8 Å². The lowest BCUT2D eigenvalue weighted by molar-refractivity contribution is 0.571. The van der Waals surface area contributed by atoms with Crippen LogP contribution in [-0.4, -0.2) is 20.8 Å². The monoisotopic (exact) mass is 343 g/mol. The molecule has 3 rings (SSSR count). The maximum absolute atomic E-state index is 5.88. The first-order valence-corrected chi connectivity index (χ1v) is 8.34. The smallest absolute Gasteiger partial charge is 0.146 e. The molecule has 1 aliphatic heterocycles. The first kappa shape index (κ1) is 15.2. The van der Waals surface area contributed by atoms with Gasteiger partial charge in [0.15, 0.2) is 0 Å². The van der Waals surface area contributed by atoms with Crippen LogP contribution in [0.5, 0.6) is 0 Å². The lowest BCUT2D eigenvalue weighted by Crippen LogP contribution is -2.26. The Kier molecular flexibility index (Phi) is 4.57. The standard InChI is InChI=1S/C17H13NOS3/c1-2-10-18-16(20)15(22-17(18)21)11-13-8-9-14(19-13)12-6-4-3-5-7-12/h2-9,11H,1,10H2/b15-11+. The largest absolute Gasteiger partial charge is 0.457 e. The van der Waals surface area contributed by atoms with Crippen molar-refractivity contribution in [2.24, 2.45) is 0 Å². The van der Waals surface area contributed by atoms with E-state index in [-0.39, 0.29) is 0 Å². The Morgan fingerprint density at radius 2 is 1.91 bits per heavy atom. The summed E-state index contributed by atoms with van der Waals surface area (Å²) in [5, 5.41) is 0. The Bertz CT molecular complexity index is 761. The molecule has 0 amide bonds. The van der Waals surface area contributed by atoms with Crippen LogP contribution in [0, 0.1) is 0 Å². The summed E-state index contributed by atoms with van der Waals surface area (Å²) in [7, 11) is 0. The number of hydrogen-bond donors (Lipinski definition) is 0. The van der Waals surface area contributed by atoms with Crippen LogP contribution in [0.25, 0.3) is 17.4 Å². The van der Waals surface area contributed by atoms with Crippen molar-refractivity contribution in [2.75, 3.05) is 6.54 Å². The van der Waals surface area contributed by atoms with Gasteiger partial charge in [-0.15, -0.1) is 6.58 Å². The predicted octanol–water partition coefficient (Wildman–Crippen LogP) is 5.13. The van der Waals surface area contributed by atoms with Crippen LogP contribution in [0.3, 0.4) is 0 Å². The predicted molar refractivity (Wildman–Crippen MR) is 102 cm³/mol. The van der Waals surface area contributed by atoms with Gasteiger partial charge >= 0.3 is 0 Å². The average Bonchev–Trinajstić information content (AvgIpc) is 3.09. The lowest BCUT2D eigenvalue weighted by atomic mass is 10.2. The zero-order chi connectivity index (χ0) is 15.5. The first-order valence-electron chi connectivity index (χ1n) is 6.70. The van der Waals surface area contributed by atoms with Crippen LogP contribution in [0.4, 0.5) is 0 Å². The molecule has 5 heteroatoms. The molecular formula is C17H13NOS3. The summed E-state index contributed by atoms with van der Waals surface area (Å²) in [6, 6.07) is 13.9. The molecule has 110 valence electrons. The minimum atomic E-state index is 0.634. The molecule has 1 aromatic carbocycles. The number of furan rings is 1. The van der Waals surface area contributed by atoms with E-state index >= 15 is 0 Å². The van der Waals surface area contributed by atoms with Gasteiger partial charge in [0.25, 0.3) is 0 Å². The maximum atomic E-state index is 5.88. The van der Waals surface area contributed by atoms with E-state index in [1.54, 1.807) is 6.08 Å². The van der Waals surface area contributed by atoms with Crippen LogP contribution in [-0.2, 0) is 0 Å². The van der Waals surface area contributed by atoms with E-state index in [1.165, 1.54) is 11.8 Å². The highest BCUT2D eigenvalue weighted by molar-refractivity contribution is 8.27. The SMILES string of the molecule is C=CCN1C(=S)S/C(=C/c2ccc(-c3ccccc3)o2)C1=S. The van der Waals surface area contributed by atoms with Crippen molar-refractivity contribution in [1.82, 2.24) is 4.90 Å². The number of nitrogens with zero attached hydrogens (tertiary/aromatic N) is 1. The van der Waals surface area contributed by atoms with E-state index in [9.17, 15) is 0 Å². The Labute approximate surface area is 144 Å². The number of hydrogen-bond acceptors (Lipinski definition) is 4. The maximum Gasteiger partial charge on any atom is 0.146 e. The third-order valence-corrected chi connectivity index (χ3v) is 5.11. The Hall–Kier alpha value is -1.69. The highest BCUT2D eigenvalue weighted by Crippen LogP contribution is 2.34. The quantitative estimate of drug-likeness (QED) is 0.433. The molecule has 0 saturated carbocycles. The number of thiocarbonyl (C=S) groups is 2. The minimum absolute atomic E-state index is 0.634. The molecule has 1 aromatic heterocycles. The zero-order valence-electron chi connectivity index (χ0n) is 11.7. The lowest BCUT2D eigenvalue weighted by Gasteiger charge is -2.13. The summed E-state index contributed by atoms with van der Waals surface area (Å²) in [4.78, 5) is 3.57. The first-order chi connectivity index (χ1) is 10.7. The van der Waals surface area contributed by atoms with Crippen molar-refractivity contribution < 1.29 is 4.42 Å². The molecule has 2 heterocycles. The normalized spacial score (nSPS) is 16.5. The molecule has 0 bridgehead atoms. The average molecular weight is 343 g/mol. The van der Waals surface area contributed by atoms with Crippen molar-refractivity contribution in [1.29, 1.82) is 0 Å². The second kappa shape index (κ2) is 6.60. The van der Waals surface area contributed by atoms with Gasteiger partial charge in [-0.1, -0.05) is 72.6 Å². The van der Waals surface area contributed by atoms with Crippen LogP contribution < -0.4 is 0 Å². The van der Waals surface area contributed by atoms with Crippen LogP contribution >= 0.6 is 36.2 Å². The molecule has 1 saturated heterocycles. The van der Waals surface area contributed by atoms with Crippen molar-refractivity contribution in [3.05, 3.63) is 65.8 Å². The van der Waals surface area contributed by atoms with E-state index in [4.69, 9.17) is 28.9 Å². The third-order valence-electron chi connectivity index (χ3n) is 3.14. The summed E-state index contributed by atoms with van der Waals surface area (Å²) < 4.78 is 6.63. The molecule has 0 aliphatic carbocycles. The second-order valence-electron chi connectivity index (χ2n) is 4.65. The molecule has 2 nitrogen and oxygen atoms in total. The Morgan fingerprint density at radius 1 is 1.14 bits per heavy atom. The van der Waals surface area contributed by atoms with Gasteiger partial charge < -0.3 is 9.32 Å². The highest BCUT2D eigenvalue weighted by Gasteiger charge is 2.27. The summed E-state index contributed by atoms with van der Waals surface area (Å²) in [5.41, 5.74) is 1.05. The van der Waals surface area contributed by atoms with Crippen molar-refractivity contribution >= 4 is 51.6 Å². The van der Waals surface area contributed by atoms with Crippen LogP contribution in [0.15, 0.2) is 64.4 Å². The van der Waals surface area contributed by atoms with E-state index in [2.05, 4.69) is 6.58 Å². The molecule has 1 aliphatic rings. The summed E-state index contributed by atoms with van der Waals surface area (Å²) in [6.07, 6.45) is 3.73. The van der Waals surface area contributed by atoms with Gasteiger partial charge in [0.2, 0.25) is 0 Å². The summed E-state index contributed by atoms with van der Waals surface area (Å²) in [6.45, 7) is 4.37. The van der Waals surface area contributed by atoms with E-state index in [0.29, 0.717) is 6.54 Å². The van der Waals surface area contributed by atoms with Crippen molar-refractivity contribution in [3.63, 3.8) is 0 Å². The Balaban J connectivity index is 1.85. The molecule has 0 atom stereocenters. The molecule has 22 heavy (non-hydrogen) atoms. The second-order valence-corrected chi connectivity index (χ2v) is 6.71. The van der Waals surface area contributed by atoms with Crippen LogP contribution in [0.1, 0.15) is 5.76 Å². The summed E-state index contributed by atoms with van der Waals surface area (Å²) in [5.74, 6) is 1.61. The molecule has 0 radical (unpaired) electrons. The Morgan fingerprint density at radius 3 is 2.64 bits per heavy atom. The zero-order valence-corrected chi connectivity index (χ0v) is 14.1. The molecule has 0 N–H and O–H groups in total. The molecule has 0 unspecified atom stereocenters. The molecule has 1 fully saturated rings. The minimum Gasteiger partial charge on any atom is -0.457 e. The molecule has 2 aromatic rings. The third kappa shape index (κ3) is 3.06. The van der Waals surface area contributed by atoms with E-state index in [0.717, 1.165) is 31.3 Å². The topological polar surface area (TPSA) is 16.4 Å².